The molecule has 0 aliphatic rings. The van der Waals surface area contributed by atoms with Crippen molar-refractivity contribution in [3.8, 4) is 11.8 Å². The fourth-order valence-electron chi connectivity index (χ4n) is 1.20. The van der Waals surface area contributed by atoms with Crippen LogP contribution < -0.4 is 5.32 Å². The molecule has 0 fully saturated rings. The Hall–Kier alpha value is -2.02. The van der Waals surface area contributed by atoms with Crippen LogP contribution in [0.2, 0.25) is 0 Å². The summed E-state index contributed by atoms with van der Waals surface area (Å²) in [6.45, 7) is 2.06. The van der Waals surface area contributed by atoms with Gasteiger partial charge < -0.3 is 10.4 Å². The number of nitriles is 1. The number of carbonyl (C=O) groups is 1. The number of hydrogen-bond donors (Lipinski definition) is 2. The van der Waals surface area contributed by atoms with Crippen molar-refractivity contribution < 1.29 is 9.90 Å². The molecule has 0 bridgehead atoms. The molecule has 1 rings (SSSR count). The Kier molecular flexibility index (Phi) is 4.34. The maximum absolute atomic E-state index is 11.2. The van der Waals surface area contributed by atoms with Crippen molar-refractivity contribution in [2.24, 2.45) is 5.92 Å². The summed E-state index contributed by atoms with van der Waals surface area (Å²) in [6.07, 6.45) is 0.685. The SMILES string of the molecule is CC(C#N)C(=O)NCCc1ccc(O)cc1. The van der Waals surface area contributed by atoms with Gasteiger partial charge in [0.25, 0.3) is 0 Å². The average Bonchev–Trinajstić information content (AvgIpc) is 2.30. The lowest BCUT2D eigenvalue weighted by Crippen LogP contribution is -2.30. The highest BCUT2D eigenvalue weighted by Gasteiger charge is 2.09. The van der Waals surface area contributed by atoms with Crippen LogP contribution in [0.5, 0.6) is 5.75 Å². The minimum Gasteiger partial charge on any atom is -0.508 e. The van der Waals surface area contributed by atoms with Crippen LogP contribution in [0, 0.1) is 17.2 Å². The molecule has 0 saturated carbocycles. The Bertz CT molecular complexity index is 392. The normalized spacial score (nSPS) is 11.5. The molecule has 1 atom stereocenters. The summed E-state index contributed by atoms with van der Waals surface area (Å²) >= 11 is 0. The van der Waals surface area contributed by atoms with Crippen molar-refractivity contribution in [2.75, 3.05) is 6.54 Å². The van der Waals surface area contributed by atoms with Gasteiger partial charge in [-0.3, -0.25) is 4.79 Å². The van der Waals surface area contributed by atoms with Crippen LogP contribution in [-0.2, 0) is 11.2 Å². The molecule has 2 N–H and O–H groups in total. The van der Waals surface area contributed by atoms with Gasteiger partial charge >= 0.3 is 0 Å². The molecule has 0 saturated heterocycles. The Morgan fingerprint density at radius 1 is 1.50 bits per heavy atom. The lowest BCUT2D eigenvalue weighted by molar-refractivity contribution is -0.122. The molecular weight excluding hydrogens is 204 g/mol. The topological polar surface area (TPSA) is 73.1 Å². The molecule has 1 aromatic rings. The van der Waals surface area contributed by atoms with E-state index in [-0.39, 0.29) is 11.7 Å². The van der Waals surface area contributed by atoms with Gasteiger partial charge in [-0.15, -0.1) is 0 Å². The molecule has 1 amide bonds. The summed E-state index contributed by atoms with van der Waals surface area (Å²) in [5, 5.41) is 20.3. The van der Waals surface area contributed by atoms with Crippen molar-refractivity contribution in [1.82, 2.24) is 5.32 Å². The lowest BCUT2D eigenvalue weighted by atomic mass is 10.1. The monoisotopic (exact) mass is 218 g/mol. The van der Waals surface area contributed by atoms with Gasteiger partial charge in [0.15, 0.2) is 0 Å². The number of aromatic hydroxyl groups is 1. The maximum Gasteiger partial charge on any atom is 0.237 e. The van der Waals surface area contributed by atoms with Gasteiger partial charge in [0.05, 0.1) is 6.07 Å². The highest BCUT2D eigenvalue weighted by molar-refractivity contribution is 5.80. The first-order valence-corrected chi connectivity index (χ1v) is 5.08. The van der Waals surface area contributed by atoms with E-state index in [0.29, 0.717) is 13.0 Å². The summed E-state index contributed by atoms with van der Waals surface area (Å²) in [6, 6.07) is 8.69. The Morgan fingerprint density at radius 3 is 2.69 bits per heavy atom. The molecular formula is C12H14N2O2. The van der Waals surface area contributed by atoms with E-state index in [4.69, 9.17) is 10.4 Å². The first-order chi connectivity index (χ1) is 7.63. The van der Waals surface area contributed by atoms with Crippen molar-refractivity contribution in [3.05, 3.63) is 29.8 Å². The predicted molar refractivity (Wildman–Crippen MR) is 59.6 cm³/mol. The van der Waals surface area contributed by atoms with Gasteiger partial charge in [-0.25, -0.2) is 0 Å². The Labute approximate surface area is 94.5 Å². The molecule has 1 aromatic carbocycles. The minimum absolute atomic E-state index is 0.228. The summed E-state index contributed by atoms with van der Waals surface area (Å²) in [5.41, 5.74) is 1.03. The van der Waals surface area contributed by atoms with Crippen LogP contribution in [0.1, 0.15) is 12.5 Å². The highest BCUT2D eigenvalue weighted by Crippen LogP contribution is 2.09. The number of phenolic OH excluding ortho intramolecular Hbond substituents is 1. The number of amides is 1. The second-order valence-corrected chi connectivity index (χ2v) is 3.56. The zero-order chi connectivity index (χ0) is 12.0. The van der Waals surface area contributed by atoms with E-state index in [0.717, 1.165) is 5.56 Å². The van der Waals surface area contributed by atoms with Crippen LogP contribution in [0.3, 0.4) is 0 Å². The van der Waals surface area contributed by atoms with E-state index < -0.39 is 5.92 Å². The van der Waals surface area contributed by atoms with Crippen LogP contribution in [0.15, 0.2) is 24.3 Å². The number of rotatable bonds is 4. The smallest absolute Gasteiger partial charge is 0.237 e. The van der Waals surface area contributed by atoms with Gasteiger partial charge in [0.1, 0.15) is 11.7 Å². The van der Waals surface area contributed by atoms with E-state index >= 15 is 0 Å². The largest absolute Gasteiger partial charge is 0.508 e. The molecule has 0 heterocycles. The summed E-state index contributed by atoms with van der Waals surface area (Å²) in [5.74, 6) is -0.632. The van der Waals surface area contributed by atoms with Crippen LogP contribution in [-0.4, -0.2) is 17.6 Å². The molecule has 16 heavy (non-hydrogen) atoms. The van der Waals surface area contributed by atoms with Crippen LogP contribution in [0.25, 0.3) is 0 Å². The van der Waals surface area contributed by atoms with Gasteiger partial charge in [-0.05, 0) is 31.0 Å². The fraction of sp³-hybridized carbons (Fsp3) is 0.333. The predicted octanol–water partition coefficient (Wildman–Crippen LogP) is 1.21. The quantitative estimate of drug-likeness (QED) is 0.797. The lowest BCUT2D eigenvalue weighted by Gasteiger charge is -2.06. The van der Waals surface area contributed by atoms with E-state index in [1.54, 1.807) is 31.2 Å². The highest BCUT2D eigenvalue weighted by atomic mass is 16.3. The number of benzene rings is 1. The van der Waals surface area contributed by atoms with Crippen molar-refractivity contribution in [1.29, 1.82) is 5.26 Å². The maximum atomic E-state index is 11.2. The molecule has 4 nitrogen and oxygen atoms in total. The first kappa shape index (κ1) is 12.1. The van der Waals surface area contributed by atoms with Crippen molar-refractivity contribution in [2.45, 2.75) is 13.3 Å². The number of phenols is 1. The third-order valence-corrected chi connectivity index (χ3v) is 2.24. The number of nitrogens with one attached hydrogen (secondary N) is 1. The van der Waals surface area contributed by atoms with Crippen molar-refractivity contribution in [3.63, 3.8) is 0 Å². The summed E-state index contributed by atoms with van der Waals surface area (Å²) in [4.78, 5) is 11.2. The molecule has 0 aromatic heterocycles. The standard InChI is InChI=1S/C12H14N2O2/c1-9(8-13)12(16)14-7-6-10-2-4-11(15)5-3-10/h2-5,9,15H,6-7H2,1H3,(H,14,16). The molecule has 0 spiro atoms. The molecule has 84 valence electrons. The van der Waals surface area contributed by atoms with Gasteiger partial charge in [-0.1, -0.05) is 12.1 Å². The third-order valence-electron chi connectivity index (χ3n) is 2.24. The number of nitrogens with zero attached hydrogens (tertiary/aromatic N) is 1. The van der Waals surface area contributed by atoms with Crippen LogP contribution >= 0.6 is 0 Å². The zero-order valence-electron chi connectivity index (χ0n) is 9.10. The first-order valence-electron chi connectivity index (χ1n) is 5.08. The molecule has 4 heteroatoms. The van der Waals surface area contributed by atoms with Crippen molar-refractivity contribution >= 4 is 5.91 Å². The molecule has 0 aliphatic heterocycles. The van der Waals surface area contributed by atoms with E-state index in [9.17, 15) is 4.79 Å². The zero-order valence-corrected chi connectivity index (χ0v) is 9.10. The number of hydrogen-bond acceptors (Lipinski definition) is 3. The average molecular weight is 218 g/mol. The second-order valence-electron chi connectivity index (χ2n) is 3.56. The van der Waals surface area contributed by atoms with Gasteiger partial charge in [0.2, 0.25) is 5.91 Å². The van der Waals surface area contributed by atoms with E-state index in [1.807, 2.05) is 6.07 Å². The van der Waals surface area contributed by atoms with E-state index in [2.05, 4.69) is 5.32 Å². The minimum atomic E-state index is -0.611. The van der Waals surface area contributed by atoms with Gasteiger partial charge in [0, 0.05) is 6.54 Å². The van der Waals surface area contributed by atoms with Crippen LogP contribution in [0.4, 0.5) is 0 Å². The summed E-state index contributed by atoms with van der Waals surface area (Å²) < 4.78 is 0. The van der Waals surface area contributed by atoms with Gasteiger partial charge in [-0.2, -0.15) is 5.26 Å². The number of carbonyl (C=O) groups excluding carboxylic acids is 1. The third kappa shape index (κ3) is 3.62. The van der Waals surface area contributed by atoms with E-state index in [1.165, 1.54) is 0 Å². The summed E-state index contributed by atoms with van der Waals surface area (Å²) in [7, 11) is 0. The molecule has 0 aliphatic carbocycles. The molecule has 0 radical (unpaired) electrons. The Balaban J connectivity index is 2.34. The Morgan fingerprint density at radius 2 is 2.12 bits per heavy atom. The second kappa shape index (κ2) is 5.76. The fourth-order valence-corrected chi connectivity index (χ4v) is 1.20. The molecule has 1 unspecified atom stereocenters.